The van der Waals surface area contributed by atoms with E-state index in [2.05, 4.69) is 10.3 Å². The highest BCUT2D eigenvalue weighted by Gasteiger charge is 2.20. The molecule has 7 heteroatoms. The van der Waals surface area contributed by atoms with Crippen molar-refractivity contribution < 1.29 is 19.1 Å². The molecule has 1 fully saturated rings. The third-order valence-electron chi connectivity index (χ3n) is 3.96. The van der Waals surface area contributed by atoms with E-state index in [0.717, 1.165) is 5.75 Å². The number of anilines is 1. The van der Waals surface area contributed by atoms with E-state index in [1.807, 2.05) is 6.92 Å². The van der Waals surface area contributed by atoms with Crippen LogP contribution in [0.4, 0.5) is 5.69 Å². The lowest BCUT2D eigenvalue weighted by Gasteiger charge is -2.26. The topological polar surface area (TPSA) is 80.8 Å². The molecule has 136 valence electrons. The Morgan fingerprint density at radius 1 is 1.19 bits per heavy atom. The number of benzene rings is 1. The number of pyridine rings is 1. The van der Waals surface area contributed by atoms with Crippen molar-refractivity contribution in [3.8, 4) is 5.75 Å². The number of hydrogen-bond acceptors (Lipinski definition) is 5. The monoisotopic (exact) mass is 355 g/mol. The van der Waals surface area contributed by atoms with E-state index < -0.39 is 0 Å². The quantitative estimate of drug-likeness (QED) is 0.889. The van der Waals surface area contributed by atoms with E-state index in [1.54, 1.807) is 35.2 Å². The predicted molar refractivity (Wildman–Crippen MR) is 96.5 cm³/mol. The minimum atomic E-state index is -0.299. The summed E-state index contributed by atoms with van der Waals surface area (Å²) in [6.45, 7) is 4.59. The van der Waals surface area contributed by atoms with Gasteiger partial charge in [-0.25, -0.2) is 0 Å². The highest BCUT2D eigenvalue weighted by Crippen LogP contribution is 2.17. The molecule has 3 rings (SSSR count). The van der Waals surface area contributed by atoms with Crippen molar-refractivity contribution in [2.24, 2.45) is 0 Å². The number of rotatable bonds is 5. The summed E-state index contributed by atoms with van der Waals surface area (Å²) in [6.07, 6.45) is 1.47. The minimum Gasteiger partial charge on any atom is -0.494 e. The SMILES string of the molecule is CCOc1ccc(NC(=O)c2ccnc(C(=O)N3CCOCC3)c2)cc1. The lowest BCUT2D eigenvalue weighted by Crippen LogP contribution is -2.41. The fourth-order valence-corrected chi connectivity index (χ4v) is 2.62. The van der Waals surface area contributed by atoms with E-state index >= 15 is 0 Å². The Labute approximate surface area is 151 Å². The lowest BCUT2D eigenvalue weighted by molar-refractivity contribution is 0.0299. The van der Waals surface area contributed by atoms with Crippen LogP contribution < -0.4 is 10.1 Å². The molecule has 1 aromatic carbocycles. The predicted octanol–water partition coefficient (Wildman–Crippen LogP) is 2.21. The second-order valence-corrected chi connectivity index (χ2v) is 5.75. The fourth-order valence-electron chi connectivity index (χ4n) is 2.62. The summed E-state index contributed by atoms with van der Waals surface area (Å²) in [5.41, 5.74) is 1.29. The Morgan fingerprint density at radius 3 is 2.62 bits per heavy atom. The van der Waals surface area contributed by atoms with Gasteiger partial charge in [0.2, 0.25) is 0 Å². The number of morpholine rings is 1. The van der Waals surface area contributed by atoms with Gasteiger partial charge in [-0.05, 0) is 43.3 Å². The zero-order chi connectivity index (χ0) is 18.4. The highest BCUT2D eigenvalue weighted by atomic mass is 16.5. The summed E-state index contributed by atoms with van der Waals surface area (Å²) in [6, 6.07) is 10.2. The molecule has 1 aromatic heterocycles. The number of ether oxygens (including phenoxy) is 2. The van der Waals surface area contributed by atoms with Crippen molar-refractivity contribution >= 4 is 17.5 Å². The molecule has 1 N–H and O–H groups in total. The Kier molecular flexibility index (Phi) is 5.80. The van der Waals surface area contributed by atoms with E-state index in [9.17, 15) is 9.59 Å². The van der Waals surface area contributed by atoms with Crippen molar-refractivity contribution in [1.29, 1.82) is 0 Å². The van der Waals surface area contributed by atoms with Gasteiger partial charge in [-0.1, -0.05) is 0 Å². The largest absolute Gasteiger partial charge is 0.494 e. The van der Waals surface area contributed by atoms with Crippen LogP contribution >= 0.6 is 0 Å². The molecule has 2 amide bonds. The van der Waals surface area contributed by atoms with Gasteiger partial charge in [-0.15, -0.1) is 0 Å². The van der Waals surface area contributed by atoms with E-state index in [-0.39, 0.29) is 17.5 Å². The van der Waals surface area contributed by atoms with Crippen molar-refractivity contribution in [1.82, 2.24) is 9.88 Å². The van der Waals surface area contributed by atoms with Gasteiger partial charge in [0.05, 0.1) is 19.8 Å². The molecule has 1 saturated heterocycles. The molecule has 7 nitrogen and oxygen atoms in total. The molecular formula is C19H21N3O4. The maximum atomic E-state index is 12.5. The first-order valence-corrected chi connectivity index (χ1v) is 8.54. The first kappa shape index (κ1) is 17.9. The van der Waals surface area contributed by atoms with E-state index in [1.165, 1.54) is 12.3 Å². The average Bonchev–Trinajstić information content (AvgIpc) is 2.70. The average molecular weight is 355 g/mol. The van der Waals surface area contributed by atoms with Crippen LogP contribution in [0.15, 0.2) is 42.6 Å². The second kappa shape index (κ2) is 8.44. The summed E-state index contributed by atoms with van der Waals surface area (Å²) >= 11 is 0. The number of aromatic nitrogens is 1. The summed E-state index contributed by atoms with van der Waals surface area (Å²) in [7, 11) is 0. The van der Waals surface area contributed by atoms with Gasteiger partial charge in [0.1, 0.15) is 11.4 Å². The highest BCUT2D eigenvalue weighted by molar-refractivity contribution is 6.05. The molecule has 0 bridgehead atoms. The molecule has 0 unspecified atom stereocenters. The van der Waals surface area contributed by atoms with Gasteiger partial charge >= 0.3 is 0 Å². The summed E-state index contributed by atoms with van der Waals surface area (Å²) < 4.78 is 10.6. The molecule has 0 radical (unpaired) electrons. The molecule has 1 aliphatic rings. The molecule has 2 heterocycles. The number of carbonyl (C=O) groups excluding carboxylic acids is 2. The number of nitrogens with zero attached hydrogens (tertiary/aromatic N) is 2. The molecular weight excluding hydrogens is 334 g/mol. The normalized spacial score (nSPS) is 14.0. The molecule has 0 aliphatic carbocycles. The standard InChI is InChI=1S/C19H21N3O4/c1-2-26-16-5-3-15(4-6-16)21-18(23)14-7-8-20-17(13-14)19(24)22-9-11-25-12-10-22/h3-8,13H,2,9-12H2,1H3,(H,21,23). The van der Waals surface area contributed by atoms with Crippen molar-refractivity contribution in [2.45, 2.75) is 6.92 Å². The van der Waals surface area contributed by atoms with Gasteiger partial charge in [0.25, 0.3) is 11.8 Å². The Hall–Kier alpha value is -2.93. The van der Waals surface area contributed by atoms with Crippen LogP contribution in [-0.4, -0.2) is 54.6 Å². The van der Waals surface area contributed by atoms with E-state index in [0.29, 0.717) is 44.2 Å². The van der Waals surface area contributed by atoms with Crippen LogP contribution in [0.2, 0.25) is 0 Å². The first-order chi connectivity index (χ1) is 12.7. The van der Waals surface area contributed by atoms with Crippen LogP contribution in [0.1, 0.15) is 27.8 Å². The maximum absolute atomic E-state index is 12.5. The third-order valence-corrected chi connectivity index (χ3v) is 3.96. The van der Waals surface area contributed by atoms with Crippen LogP contribution in [0.5, 0.6) is 5.75 Å². The summed E-state index contributed by atoms with van der Waals surface area (Å²) in [5, 5.41) is 2.81. The lowest BCUT2D eigenvalue weighted by atomic mass is 10.2. The number of hydrogen-bond donors (Lipinski definition) is 1. The summed E-state index contributed by atoms with van der Waals surface area (Å²) in [4.78, 5) is 30.7. The fraction of sp³-hybridized carbons (Fsp3) is 0.316. The molecule has 0 spiro atoms. The Bertz CT molecular complexity index is 771. The maximum Gasteiger partial charge on any atom is 0.272 e. The van der Waals surface area contributed by atoms with Gasteiger partial charge < -0.3 is 19.7 Å². The number of carbonyl (C=O) groups is 2. The molecule has 1 aliphatic heterocycles. The van der Waals surface area contributed by atoms with Crippen molar-refractivity contribution in [3.05, 3.63) is 53.9 Å². The molecule has 0 atom stereocenters. The van der Waals surface area contributed by atoms with Gasteiger partial charge in [0.15, 0.2) is 0 Å². The van der Waals surface area contributed by atoms with Crippen molar-refractivity contribution in [2.75, 3.05) is 38.2 Å². The smallest absolute Gasteiger partial charge is 0.272 e. The zero-order valence-corrected chi connectivity index (χ0v) is 14.6. The van der Waals surface area contributed by atoms with Gasteiger partial charge in [0, 0.05) is 30.5 Å². The van der Waals surface area contributed by atoms with E-state index in [4.69, 9.17) is 9.47 Å². The van der Waals surface area contributed by atoms with Crippen LogP contribution in [0, 0.1) is 0 Å². The van der Waals surface area contributed by atoms with Gasteiger partial charge in [-0.3, -0.25) is 14.6 Å². The molecule has 26 heavy (non-hydrogen) atoms. The Balaban J connectivity index is 1.68. The molecule has 2 aromatic rings. The Morgan fingerprint density at radius 2 is 1.92 bits per heavy atom. The van der Waals surface area contributed by atoms with Crippen LogP contribution in [0.25, 0.3) is 0 Å². The van der Waals surface area contributed by atoms with Crippen LogP contribution in [0.3, 0.4) is 0 Å². The third kappa shape index (κ3) is 4.37. The number of amides is 2. The van der Waals surface area contributed by atoms with Crippen molar-refractivity contribution in [3.63, 3.8) is 0 Å². The summed E-state index contributed by atoms with van der Waals surface area (Å²) in [5.74, 6) is 0.254. The number of nitrogens with one attached hydrogen (secondary N) is 1. The minimum absolute atomic E-state index is 0.191. The second-order valence-electron chi connectivity index (χ2n) is 5.75. The van der Waals surface area contributed by atoms with Crippen LogP contribution in [-0.2, 0) is 4.74 Å². The zero-order valence-electron chi connectivity index (χ0n) is 14.6. The molecule has 0 saturated carbocycles. The van der Waals surface area contributed by atoms with Gasteiger partial charge in [-0.2, -0.15) is 0 Å². The first-order valence-electron chi connectivity index (χ1n) is 8.54.